The van der Waals surface area contributed by atoms with E-state index in [2.05, 4.69) is 0 Å². The van der Waals surface area contributed by atoms with E-state index in [1.165, 1.54) is 6.08 Å². The molecule has 0 amide bonds. The van der Waals surface area contributed by atoms with E-state index in [0.717, 1.165) is 17.1 Å². The summed E-state index contributed by atoms with van der Waals surface area (Å²) in [6, 6.07) is 11.3. The first-order valence-corrected chi connectivity index (χ1v) is 6.69. The van der Waals surface area contributed by atoms with Gasteiger partial charge in [0.25, 0.3) is 0 Å². The Kier molecular flexibility index (Phi) is 5.10. The number of fused-ring (bicyclic) bond motifs is 1. The molecule has 0 aromatic heterocycles. The largest absolute Gasteiger partial charge is 0.489 e. The van der Waals surface area contributed by atoms with Gasteiger partial charge in [0.2, 0.25) is 0 Å². The minimum absolute atomic E-state index is 0.192. The van der Waals surface area contributed by atoms with Crippen molar-refractivity contribution in [3.05, 3.63) is 54.1 Å². The summed E-state index contributed by atoms with van der Waals surface area (Å²) < 4.78 is 10.3. The van der Waals surface area contributed by atoms with Gasteiger partial charge in [0, 0.05) is 6.08 Å². The SMILES string of the molecule is CCOC(=O)C=CCOc1ccc2ccccc2c1C=O. The summed E-state index contributed by atoms with van der Waals surface area (Å²) in [5, 5.41) is 1.83. The monoisotopic (exact) mass is 284 g/mol. The summed E-state index contributed by atoms with van der Waals surface area (Å²) >= 11 is 0. The summed E-state index contributed by atoms with van der Waals surface area (Å²) in [5.41, 5.74) is 0.512. The van der Waals surface area contributed by atoms with Gasteiger partial charge in [0.15, 0.2) is 6.29 Å². The number of ether oxygens (including phenoxy) is 2. The van der Waals surface area contributed by atoms with Crippen molar-refractivity contribution in [2.45, 2.75) is 6.92 Å². The highest BCUT2D eigenvalue weighted by Crippen LogP contribution is 2.26. The Bertz CT molecular complexity index is 674. The summed E-state index contributed by atoms with van der Waals surface area (Å²) in [6.07, 6.45) is 3.65. The summed E-state index contributed by atoms with van der Waals surface area (Å²) in [4.78, 5) is 22.4. The lowest BCUT2D eigenvalue weighted by Gasteiger charge is -2.09. The van der Waals surface area contributed by atoms with Crippen LogP contribution in [0.3, 0.4) is 0 Å². The number of carbonyl (C=O) groups excluding carboxylic acids is 2. The first-order chi connectivity index (χ1) is 10.3. The van der Waals surface area contributed by atoms with Crippen LogP contribution in [-0.4, -0.2) is 25.5 Å². The third-order valence-electron chi connectivity index (χ3n) is 2.92. The van der Waals surface area contributed by atoms with E-state index in [1.54, 1.807) is 19.1 Å². The zero-order valence-electron chi connectivity index (χ0n) is 11.7. The van der Waals surface area contributed by atoms with Gasteiger partial charge in [0.1, 0.15) is 12.4 Å². The smallest absolute Gasteiger partial charge is 0.330 e. The van der Waals surface area contributed by atoms with Crippen molar-refractivity contribution >= 4 is 23.0 Å². The maximum absolute atomic E-state index is 11.3. The van der Waals surface area contributed by atoms with Crippen LogP contribution in [0.2, 0.25) is 0 Å². The van der Waals surface area contributed by atoms with E-state index in [-0.39, 0.29) is 6.61 Å². The summed E-state index contributed by atoms with van der Waals surface area (Å²) in [5.74, 6) is 0.0902. The lowest BCUT2D eigenvalue weighted by Crippen LogP contribution is -2.02. The molecule has 0 aliphatic heterocycles. The van der Waals surface area contributed by atoms with Crippen molar-refractivity contribution in [2.75, 3.05) is 13.2 Å². The van der Waals surface area contributed by atoms with Gasteiger partial charge in [-0.3, -0.25) is 4.79 Å². The van der Waals surface area contributed by atoms with Gasteiger partial charge < -0.3 is 9.47 Å². The fraction of sp³-hybridized carbons (Fsp3) is 0.176. The quantitative estimate of drug-likeness (QED) is 0.464. The third-order valence-corrected chi connectivity index (χ3v) is 2.92. The van der Waals surface area contributed by atoms with Crippen molar-refractivity contribution in [3.63, 3.8) is 0 Å². The molecular formula is C17H16O4. The van der Waals surface area contributed by atoms with E-state index < -0.39 is 5.97 Å². The van der Waals surface area contributed by atoms with E-state index in [9.17, 15) is 9.59 Å². The molecule has 0 radical (unpaired) electrons. The Morgan fingerprint density at radius 1 is 1.19 bits per heavy atom. The Morgan fingerprint density at radius 2 is 2.00 bits per heavy atom. The van der Waals surface area contributed by atoms with Crippen LogP contribution in [0.25, 0.3) is 10.8 Å². The molecule has 2 aromatic carbocycles. The first kappa shape index (κ1) is 14.8. The van der Waals surface area contributed by atoms with E-state index >= 15 is 0 Å². The Balaban J connectivity index is 2.12. The lowest BCUT2D eigenvalue weighted by atomic mass is 10.0. The van der Waals surface area contributed by atoms with Crippen LogP contribution in [-0.2, 0) is 9.53 Å². The topological polar surface area (TPSA) is 52.6 Å². The molecule has 0 atom stereocenters. The van der Waals surface area contributed by atoms with Crippen molar-refractivity contribution < 1.29 is 19.1 Å². The molecule has 21 heavy (non-hydrogen) atoms. The van der Waals surface area contributed by atoms with Gasteiger partial charge in [-0.15, -0.1) is 0 Å². The fourth-order valence-corrected chi connectivity index (χ4v) is 2.00. The summed E-state index contributed by atoms with van der Waals surface area (Å²) in [6.45, 7) is 2.27. The van der Waals surface area contributed by atoms with Gasteiger partial charge in [-0.25, -0.2) is 4.79 Å². The zero-order valence-corrected chi connectivity index (χ0v) is 11.7. The van der Waals surface area contributed by atoms with Gasteiger partial charge >= 0.3 is 5.97 Å². The molecular weight excluding hydrogens is 268 g/mol. The van der Waals surface area contributed by atoms with Crippen molar-refractivity contribution in [3.8, 4) is 5.75 Å². The highest BCUT2D eigenvalue weighted by molar-refractivity contribution is 6.00. The van der Waals surface area contributed by atoms with E-state index in [1.807, 2.05) is 30.3 Å². The van der Waals surface area contributed by atoms with Crippen molar-refractivity contribution in [2.24, 2.45) is 0 Å². The minimum atomic E-state index is -0.407. The number of benzene rings is 2. The molecule has 108 valence electrons. The number of esters is 1. The number of hydrogen-bond acceptors (Lipinski definition) is 4. The van der Waals surface area contributed by atoms with Crippen molar-refractivity contribution in [1.29, 1.82) is 0 Å². The molecule has 0 fully saturated rings. The molecule has 4 nitrogen and oxygen atoms in total. The normalized spacial score (nSPS) is 10.7. The average Bonchev–Trinajstić information content (AvgIpc) is 2.51. The molecule has 4 heteroatoms. The molecule has 0 saturated heterocycles. The van der Waals surface area contributed by atoms with Crippen LogP contribution in [0.5, 0.6) is 5.75 Å². The Labute approximate surface area is 123 Å². The van der Waals surface area contributed by atoms with Crippen LogP contribution in [0.4, 0.5) is 0 Å². The van der Waals surface area contributed by atoms with Crippen LogP contribution in [0.1, 0.15) is 17.3 Å². The first-order valence-electron chi connectivity index (χ1n) is 6.69. The number of rotatable bonds is 6. The molecule has 2 aromatic rings. The average molecular weight is 284 g/mol. The second-order valence-corrected chi connectivity index (χ2v) is 4.28. The molecule has 0 aliphatic carbocycles. The minimum Gasteiger partial charge on any atom is -0.489 e. The predicted molar refractivity (Wildman–Crippen MR) is 80.6 cm³/mol. The van der Waals surface area contributed by atoms with Crippen LogP contribution >= 0.6 is 0 Å². The molecule has 0 aliphatic rings. The standard InChI is InChI=1S/C17H16O4/c1-2-20-17(19)8-5-11-21-16-10-9-13-6-3-4-7-14(13)15(16)12-18/h3-10,12H,2,11H2,1H3. The third kappa shape index (κ3) is 3.69. The van der Waals surface area contributed by atoms with Crippen LogP contribution in [0, 0.1) is 0 Å². The number of aldehydes is 1. The molecule has 0 heterocycles. The molecule has 2 rings (SSSR count). The number of hydrogen-bond donors (Lipinski definition) is 0. The van der Waals surface area contributed by atoms with Crippen LogP contribution < -0.4 is 4.74 Å². The highest BCUT2D eigenvalue weighted by atomic mass is 16.5. The maximum Gasteiger partial charge on any atom is 0.330 e. The van der Waals surface area contributed by atoms with Crippen molar-refractivity contribution in [1.82, 2.24) is 0 Å². The summed E-state index contributed by atoms with van der Waals surface area (Å²) in [7, 11) is 0. The number of carbonyl (C=O) groups is 2. The molecule has 0 bridgehead atoms. The Morgan fingerprint density at radius 3 is 2.76 bits per heavy atom. The van der Waals surface area contributed by atoms with Gasteiger partial charge in [-0.1, -0.05) is 30.3 Å². The van der Waals surface area contributed by atoms with Gasteiger partial charge in [-0.05, 0) is 29.8 Å². The van der Waals surface area contributed by atoms with E-state index in [0.29, 0.717) is 17.9 Å². The predicted octanol–water partition coefficient (Wildman–Crippen LogP) is 3.15. The Hall–Kier alpha value is -2.62. The van der Waals surface area contributed by atoms with Crippen LogP contribution in [0.15, 0.2) is 48.6 Å². The maximum atomic E-state index is 11.3. The molecule has 0 N–H and O–H groups in total. The molecule has 0 spiro atoms. The molecule has 0 saturated carbocycles. The second kappa shape index (κ2) is 7.24. The lowest BCUT2D eigenvalue weighted by molar-refractivity contribution is -0.137. The fourth-order valence-electron chi connectivity index (χ4n) is 2.00. The zero-order chi connectivity index (χ0) is 15.1. The van der Waals surface area contributed by atoms with E-state index in [4.69, 9.17) is 9.47 Å². The van der Waals surface area contributed by atoms with Gasteiger partial charge in [-0.2, -0.15) is 0 Å². The molecule has 0 unspecified atom stereocenters. The highest BCUT2D eigenvalue weighted by Gasteiger charge is 2.07. The van der Waals surface area contributed by atoms with Gasteiger partial charge in [0.05, 0.1) is 12.2 Å². The second-order valence-electron chi connectivity index (χ2n) is 4.28.